The third kappa shape index (κ3) is 3.66. The van der Waals surface area contributed by atoms with E-state index in [9.17, 15) is 8.42 Å². The number of nitrogens with one attached hydrogen (secondary N) is 1. The van der Waals surface area contributed by atoms with E-state index in [1.54, 1.807) is 43.3 Å². The van der Waals surface area contributed by atoms with Gasteiger partial charge in [-0.25, -0.2) is 8.42 Å². The summed E-state index contributed by atoms with van der Waals surface area (Å²) in [6, 6.07) is 11.2. The Hall–Kier alpha value is -2.17. The predicted molar refractivity (Wildman–Crippen MR) is 71.8 cm³/mol. The summed E-state index contributed by atoms with van der Waals surface area (Å²) in [6.07, 6.45) is 0. The van der Waals surface area contributed by atoms with Crippen LogP contribution in [0.4, 0.5) is 0 Å². The summed E-state index contributed by atoms with van der Waals surface area (Å²) in [4.78, 5) is 0. The zero-order valence-corrected chi connectivity index (χ0v) is 11.6. The molecule has 20 heavy (non-hydrogen) atoms. The molecular weight excluding hydrogens is 278 g/mol. The number of aryl methyl sites for hydroxylation is 1. The van der Waals surface area contributed by atoms with Gasteiger partial charge in [0.05, 0.1) is 6.07 Å². The maximum atomic E-state index is 12.0. The second kappa shape index (κ2) is 5.86. The van der Waals surface area contributed by atoms with E-state index >= 15 is 0 Å². The van der Waals surface area contributed by atoms with Crippen LogP contribution in [0, 0.1) is 18.3 Å². The van der Waals surface area contributed by atoms with Crippen molar-refractivity contribution in [1.82, 2.24) is 9.88 Å². The molecule has 104 valence electrons. The maximum Gasteiger partial charge on any atom is 0.218 e. The molecule has 0 spiro atoms. The Labute approximate surface area is 117 Å². The van der Waals surface area contributed by atoms with E-state index in [0.29, 0.717) is 17.0 Å². The van der Waals surface area contributed by atoms with Gasteiger partial charge in [0.1, 0.15) is 23.2 Å². The van der Waals surface area contributed by atoms with E-state index in [1.165, 1.54) is 0 Å². The van der Waals surface area contributed by atoms with Crippen molar-refractivity contribution >= 4 is 10.0 Å². The monoisotopic (exact) mass is 291 g/mol. The molecule has 0 radical (unpaired) electrons. The molecule has 2 rings (SSSR count). The van der Waals surface area contributed by atoms with Crippen molar-refractivity contribution in [1.29, 1.82) is 5.26 Å². The highest BCUT2D eigenvalue weighted by Crippen LogP contribution is 2.14. The molecule has 1 heterocycles. The van der Waals surface area contributed by atoms with Gasteiger partial charge in [-0.3, -0.25) is 0 Å². The lowest BCUT2D eigenvalue weighted by molar-refractivity contribution is 0.392. The summed E-state index contributed by atoms with van der Waals surface area (Å²) in [6.45, 7) is 1.68. The van der Waals surface area contributed by atoms with Crippen LogP contribution in [0.15, 0.2) is 40.9 Å². The lowest BCUT2D eigenvalue weighted by Gasteiger charge is -2.11. The van der Waals surface area contributed by atoms with Gasteiger partial charge in [0, 0.05) is 6.07 Å². The maximum absolute atomic E-state index is 12.0. The zero-order valence-electron chi connectivity index (χ0n) is 10.8. The molecule has 0 saturated heterocycles. The van der Waals surface area contributed by atoms with Crippen LogP contribution in [0.1, 0.15) is 23.1 Å². The first-order valence-corrected chi connectivity index (χ1v) is 7.52. The Morgan fingerprint density at radius 3 is 2.65 bits per heavy atom. The number of aromatic nitrogens is 1. The molecule has 2 aromatic rings. The van der Waals surface area contributed by atoms with Crippen LogP contribution in [-0.2, 0) is 15.8 Å². The summed E-state index contributed by atoms with van der Waals surface area (Å²) < 4.78 is 31.2. The SMILES string of the molecule is Cc1cc(CS(=O)(=O)NC(C#N)c2ccccc2)no1. The smallest absolute Gasteiger partial charge is 0.218 e. The quantitative estimate of drug-likeness (QED) is 0.903. The van der Waals surface area contributed by atoms with Crippen LogP contribution >= 0.6 is 0 Å². The van der Waals surface area contributed by atoms with Gasteiger partial charge in [0.25, 0.3) is 0 Å². The normalized spacial score (nSPS) is 12.8. The van der Waals surface area contributed by atoms with E-state index in [-0.39, 0.29) is 5.75 Å². The second-order valence-corrected chi connectivity index (χ2v) is 6.03. The molecular formula is C13H13N3O3S. The number of sulfonamides is 1. The van der Waals surface area contributed by atoms with Gasteiger partial charge in [-0.15, -0.1) is 0 Å². The molecule has 0 fully saturated rings. The molecule has 0 aliphatic carbocycles. The molecule has 1 aromatic heterocycles. The van der Waals surface area contributed by atoms with Gasteiger partial charge < -0.3 is 4.52 Å². The number of rotatable bonds is 5. The molecule has 7 heteroatoms. The summed E-state index contributed by atoms with van der Waals surface area (Å²) in [5.41, 5.74) is 0.898. The Bertz CT molecular complexity index is 717. The van der Waals surface area contributed by atoms with Crippen molar-refractivity contribution in [3.05, 3.63) is 53.4 Å². The van der Waals surface area contributed by atoms with Crippen LogP contribution in [0.3, 0.4) is 0 Å². The Kier molecular flexibility index (Phi) is 4.17. The summed E-state index contributed by atoms with van der Waals surface area (Å²) in [5, 5.41) is 12.7. The fraction of sp³-hybridized carbons (Fsp3) is 0.231. The van der Waals surface area contributed by atoms with Crippen LogP contribution < -0.4 is 4.72 Å². The van der Waals surface area contributed by atoms with Gasteiger partial charge in [-0.1, -0.05) is 35.5 Å². The highest BCUT2D eigenvalue weighted by Gasteiger charge is 2.20. The Morgan fingerprint density at radius 2 is 2.10 bits per heavy atom. The minimum absolute atomic E-state index is 0.305. The highest BCUT2D eigenvalue weighted by atomic mass is 32.2. The third-order valence-electron chi connectivity index (χ3n) is 2.57. The van der Waals surface area contributed by atoms with Gasteiger partial charge in [0.15, 0.2) is 0 Å². The molecule has 1 atom stereocenters. The first-order chi connectivity index (χ1) is 9.50. The molecule has 0 bridgehead atoms. The first-order valence-electron chi connectivity index (χ1n) is 5.87. The second-order valence-electron chi connectivity index (χ2n) is 4.28. The summed E-state index contributed by atoms with van der Waals surface area (Å²) >= 11 is 0. The number of hydrogen-bond donors (Lipinski definition) is 1. The fourth-order valence-corrected chi connectivity index (χ4v) is 2.87. The van der Waals surface area contributed by atoms with Crippen LogP contribution in [0.5, 0.6) is 0 Å². The van der Waals surface area contributed by atoms with E-state index in [2.05, 4.69) is 9.88 Å². The number of nitrogens with zero attached hydrogens (tertiary/aromatic N) is 2. The minimum atomic E-state index is -3.68. The van der Waals surface area contributed by atoms with Crippen molar-refractivity contribution in [2.24, 2.45) is 0 Å². The topological polar surface area (TPSA) is 96.0 Å². The molecule has 1 unspecified atom stereocenters. The van der Waals surface area contributed by atoms with Crippen LogP contribution in [0.2, 0.25) is 0 Å². The molecule has 0 saturated carbocycles. The Balaban J connectivity index is 2.13. The molecule has 0 aliphatic heterocycles. The van der Waals surface area contributed by atoms with Crippen molar-refractivity contribution in [2.75, 3.05) is 0 Å². The highest BCUT2D eigenvalue weighted by molar-refractivity contribution is 7.88. The average Bonchev–Trinajstić information content (AvgIpc) is 2.81. The van der Waals surface area contributed by atoms with Gasteiger partial charge in [-0.05, 0) is 12.5 Å². The molecule has 1 aromatic carbocycles. The average molecular weight is 291 g/mol. The van der Waals surface area contributed by atoms with Crippen molar-refractivity contribution in [2.45, 2.75) is 18.7 Å². The molecule has 0 amide bonds. The van der Waals surface area contributed by atoms with Gasteiger partial charge in [0.2, 0.25) is 10.0 Å². The minimum Gasteiger partial charge on any atom is -0.361 e. The Morgan fingerprint density at radius 1 is 1.40 bits per heavy atom. The third-order valence-corrected chi connectivity index (χ3v) is 3.84. The molecule has 1 N–H and O–H groups in total. The first kappa shape index (κ1) is 14.2. The molecule has 6 nitrogen and oxygen atoms in total. The number of hydrogen-bond acceptors (Lipinski definition) is 5. The summed E-state index contributed by atoms with van der Waals surface area (Å²) in [7, 11) is -3.68. The lowest BCUT2D eigenvalue weighted by Crippen LogP contribution is -2.29. The van der Waals surface area contributed by atoms with E-state index < -0.39 is 16.1 Å². The fourth-order valence-electron chi connectivity index (χ4n) is 1.72. The van der Waals surface area contributed by atoms with Crippen molar-refractivity contribution in [3.8, 4) is 6.07 Å². The number of nitriles is 1. The van der Waals surface area contributed by atoms with Gasteiger partial charge >= 0.3 is 0 Å². The molecule has 0 aliphatic rings. The largest absolute Gasteiger partial charge is 0.361 e. The lowest BCUT2D eigenvalue weighted by atomic mass is 10.1. The zero-order chi connectivity index (χ0) is 14.6. The predicted octanol–water partition coefficient (Wildman–Crippen LogP) is 1.67. The standard InChI is InChI=1S/C13H13N3O3S/c1-10-7-12(15-19-10)9-20(17,18)16-13(8-14)11-5-3-2-4-6-11/h2-7,13,16H,9H2,1H3. The van der Waals surface area contributed by atoms with E-state index in [1.807, 2.05) is 6.07 Å². The van der Waals surface area contributed by atoms with Crippen LogP contribution in [-0.4, -0.2) is 13.6 Å². The van der Waals surface area contributed by atoms with E-state index in [4.69, 9.17) is 9.78 Å². The van der Waals surface area contributed by atoms with Crippen molar-refractivity contribution in [3.63, 3.8) is 0 Å². The summed E-state index contributed by atoms with van der Waals surface area (Å²) in [5.74, 6) is 0.213. The van der Waals surface area contributed by atoms with E-state index in [0.717, 1.165) is 0 Å². The van der Waals surface area contributed by atoms with Crippen LogP contribution in [0.25, 0.3) is 0 Å². The van der Waals surface area contributed by atoms with Gasteiger partial charge in [-0.2, -0.15) is 9.98 Å². The van der Waals surface area contributed by atoms with Crippen molar-refractivity contribution < 1.29 is 12.9 Å². The number of benzene rings is 1.